The van der Waals surface area contributed by atoms with Crippen LogP contribution in [0.4, 0.5) is 0 Å². The number of benzene rings is 1. The summed E-state index contributed by atoms with van der Waals surface area (Å²) in [5.41, 5.74) is 2.60. The zero-order valence-corrected chi connectivity index (χ0v) is 10.1. The number of hydrogen-bond acceptors (Lipinski definition) is 2. The molecule has 1 aromatic carbocycles. The van der Waals surface area contributed by atoms with Gasteiger partial charge < -0.3 is 0 Å². The Morgan fingerprint density at radius 2 is 2.17 bits per heavy atom. The number of nitrogens with zero attached hydrogens (tertiary/aromatic N) is 2. The van der Waals surface area contributed by atoms with E-state index in [1.54, 1.807) is 18.3 Å². The first-order valence-electron chi connectivity index (χ1n) is 5.94. The summed E-state index contributed by atoms with van der Waals surface area (Å²) in [6.45, 7) is 2.09. The zero-order chi connectivity index (χ0) is 12.5. The Morgan fingerprint density at radius 3 is 2.94 bits per heavy atom. The lowest BCUT2D eigenvalue weighted by Gasteiger charge is -2.03. The highest BCUT2D eigenvalue weighted by Gasteiger charge is 2.08. The SMILES string of the molecule is CCc1cccc(-n2[nH]c3ncccc3c2=O)c1. The first-order chi connectivity index (χ1) is 8.79. The fourth-order valence-electron chi connectivity index (χ4n) is 2.04. The Bertz CT molecular complexity index is 755. The third-order valence-corrected chi connectivity index (χ3v) is 3.04. The first-order valence-corrected chi connectivity index (χ1v) is 5.94. The summed E-state index contributed by atoms with van der Waals surface area (Å²) in [5, 5.41) is 3.64. The van der Waals surface area contributed by atoms with Crippen molar-refractivity contribution < 1.29 is 0 Å². The van der Waals surface area contributed by atoms with Gasteiger partial charge in [-0.1, -0.05) is 19.1 Å². The van der Waals surface area contributed by atoms with E-state index < -0.39 is 0 Å². The van der Waals surface area contributed by atoms with Gasteiger partial charge >= 0.3 is 0 Å². The topological polar surface area (TPSA) is 50.7 Å². The summed E-state index contributed by atoms with van der Waals surface area (Å²) in [7, 11) is 0. The molecule has 0 aliphatic rings. The molecular formula is C14H13N3O. The standard InChI is InChI=1S/C14H13N3O/c1-2-10-5-3-6-11(9-10)17-14(18)12-7-4-8-15-13(12)16-17/h3-9H,2H2,1H3,(H,15,16). The van der Waals surface area contributed by atoms with Crippen LogP contribution < -0.4 is 5.56 Å². The van der Waals surface area contributed by atoms with Gasteiger partial charge in [-0.25, -0.2) is 9.67 Å². The number of pyridine rings is 1. The lowest BCUT2D eigenvalue weighted by molar-refractivity contribution is 0.855. The fourth-order valence-corrected chi connectivity index (χ4v) is 2.04. The van der Waals surface area contributed by atoms with Crippen molar-refractivity contribution in [2.24, 2.45) is 0 Å². The van der Waals surface area contributed by atoms with Crippen molar-refractivity contribution in [1.82, 2.24) is 14.8 Å². The van der Waals surface area contributed by atoms with Gasteiger partial charge in [0.1, 0.15) is 0 Å². The molecule has 4 nitrogen and oxygen atoms in total. The van der Waals surface area contributed by atoms with E-state index in [-0.39, 0.29) is 5.56 Å². The average molecular weight is 239 g/mol. The lowest BCUT2D eigenvalue weighted by Crippen LogP contribution is -2.14. The van der Waals surface area contributed by atoms with Crippen molar-refractivity contribution in [2.45, 2.75) is 13.3 Å². The minimum absolute atomic E-state index is 0.0636. The van der Waals surface area contributed by atoms with Crippen molar-refractivity contribution in [3.05, 3.63) is 58.5 Å². The van der Waals surface area contributed by atoms with Gasteiger partial charge in [0.05, 0.1) is 11.1 Å². The number of fused-ring (bicyclic) bond motifs is 1. The van der Waals surface area contributed by atoms with Gasteiger partial charge in [0.15, 0.2) is 5.65 Å². The number of rotatable bonds is 2. The van der Waals surface area contributed by atoms with Gasteiger partial charge in [0.25, 0.3) is 5.56 Å². The molecule has 0 bridgehead atoms. The molecule has 0 saturated heterocycles. The minimum atomic E-state index is -0.0636. The second-order valence-corrected chi connectivity index (χ2v) is 4.18. The van der Waals surface area contributed by atoms with Crippen molar-refractivity contribution >= 4 is 11.0 Å². The average Bonchev–Trinajstić information content (AvgIpc) is 2.77. The predicted molar refractivity (Wildman–Crippen MR) is 71.1 cm³/mol. The van der Waals surface area contributed by atoms with E-state index in [2.05, 4.69) is 23.1 Å². The lowest BCUT2D eigenvalue weighted by atomic mass is 10.1. The van der Waals surface area contributed by atoms with Crippen molar-refractivity contribution in [3.8, 4) is 5.69 Å². The number of aromatic amines is 1. The first kappa shape index (κ1) is 10.8. The van der Waals surface area contributed by atoms with Crippen LogP contribution in [0, 0.1) is 0 Å². The van der Waals surface area contributed by atoms with Gasteiger partial charge in [-0.2, -0.15) is 0 Å². The highest BCUT2D eigenvalue weighted by molar-refractivity contribution is 5.73. The molecule has 0 saturated carbocycles. The van der Waals surface area contributed by atoms with Crippen LogP contribution in [0.1, 0.15) is 12.5 Å². The van der Waals surface area contributed by atoms with Crippen LogP contribution in [-0.2, 0) is 6.42 Å². The maximum atomic E-state index is 12.2. The highest BCUT2D eigenvalue weighted by atomic mass is 16.1. The van der Waals surface area contributed by atoms with Crippen molar-refractivity contribution in [2.75, 3.05) is 0 Å². The third-order valence-electron chi connectivity index (χ3n) is 3.04. The number of H-pyrrole nitrogens is 1. The molecule has 0 radical (unpaired) electrons. The van der Waals surface area contributed by atoms with Gasteiger partial charge in [0.2, 0.25) is 0 Å². The summed E-state index contributed by atoms with van der Waals surface area (Å²) in [6, 6.07) is 11.5. The normalized spacial score (nSPS) is 10.9. The Morgan fingerprint density at radius 1 is 1.28 bits per heavy atom. The van der Waals surface area contributed by atoms with Crippen LogP contribution >= 0.6 is 0 Å². The molecule has 1 N–H and O–H groups in total. The Hall–Kier alpha value is -2.36. The summed E-state index contributed by atoms with van der Waals surface area (Å²) >= 11 is 0. The number of nitrogens with one attached hydrogen (secondary N) is 1. The zero-order valence-electron chi connectivity index (χ0n) is 10.1. The molecule has 4 heteroatoms. The molecule has 18 heavy (non-hydrogen) atoms. The molecule has 0 amide bonds. The smallest absolute Gasteiger partial charge is 0.274 e. The summed E-state index contributed by atoms with van der Waals surface area (Å²) < 4.78 is 1.54. The molecule has 2 aromatic heterocycles. The van der Waals surface area contributed by atoms with Crippen LogP contribution in [-0.4, -0.2) is 14.8 Å². The molecule has 0 atom stereocenters. The van der Waals surface area contributed by atoms with Crippen LogP contribution in [0.2, 0.25) is 0 Å². The van der Waals surface area contributed by atoms with Crippen LogP contribution in [0.5, 0.6) is 0 Å². The predicted octanol–water partition coefficient (Wildman–Crippen LogP) is 2.28. The Kier molecular flexibility index (Phi) is 2.48. The third kappa shape index (κ3) is 1.62. The van der Waals surface area contributed by atoms with E-state index in [1.165, 1.54) is 10.2 Å². The maximum Gasteiger partial charge on any atom is 0.280 e. The molecule has 0 spiro atoms. The van der Waals surface area contributed by atoms with E-state index in [9.17, 15) is 4.79 Å². The van der Waals surface area contributed by atoms with Crippen molar-refractivity contribution in [1.29, 1.82) is 0 Å². The molecular weight excluding hydrogens is 226 g/mol. The molecule has 0 aliphatic carbocycles. The van der Waals surface area contributed by atoms with Gasteiger partial charge in [0, 0.05) is 6.20 Å². The monoisotopic (exact) mass is 239 g/mol. The molecule has 3 rings (SSSR count). The van der Waals surface area contributed by atoms with Gasteiger partial charge in [-0.05, 0) is 36.2 Å². The van der Waals surface area contributed by atoms with Crippen LogP contribution in [0.25, 0.3) is 16.7 Å². The quantitative estimate of drug-likeness (QED) is 0.745. The fraction of sp³-hybridized carbons (Fsp3) is 0.143. The van der Waals surface area contributed by atoms with Crippen molar-refractivity contribution in [3.63, 3.8) is 0 Å². The van der Waals surface area contributed by atoms with Crippen LogP contribution in [0.3, 0.4) is 0 Å². The second kappa shape index (κ2) is 4.14. The molecule has 0 aliphatic heterocycles. The summed E-state index contributed by atoms with van der Waals surface area (Å²) in [6.07, 6.45) is 2.62. The van der Waals surface area contributed by atoms with E-state index in [1.807, 2.05) is 18.2 Å². The molecule has 3 aromatic rings. The highest BCUT2D eigenvalue weighted by Crippen LogP contribution is 2.11. The summed E-state index contributed by atoms with van der Waals surface area (Å²) in [4.78, 5) is 16.4. The van der Waals surface area contributed by atoms with E-state index in [0.717, 1.165) is 12.1 Å². The minimum Gasteiger partial charge on any atom is -0.274 e. The van der Waals surface area contributed by atoms with Gasteiger partial charge in [-0.15, -0.1) is 0 Å². The largest absolute Gasteiger partial charge is 0.280 e. The number of hydrogen-bond donors (Lipinski definition) is 1. The molecule has 0 fully saturated rings. The Labute approximate surface area is 104 Å². The van der Waals surface area contributed by atoms with E-state index >= 15 is 0 Å². The Balaban J connectivity index is 2.25. The molecule has 0 unspecified atom stereocenters. The van der Waals surface area contributed by atoms with Gasteiger partial charge in [-0.3, -0.25) is 9.89 Å². The van der Waals surface area contributed by atoms with E-state index in [0.29, 0.717) is 11.0 Å². The number of aryl methyl sites for hydroxylation is 1. The number of aromatic nitrogens is 3. The summed E-state index contributed by atoms with van der Waals surface area (Å²) in [5.74, 6) is 0. The second-order valence-electron chi connectivity index (χ2n) is 4.18. The van der Waals surface area contributed by atoms with Crippen LogP contribution in [0.15, 0.2) is 47.4 Å². The molecule has 2 heterocycles. The van der Waals surface area contributed by atoms with E-state index in [4.69, 9.17) is 0 Å². The maximum absolute atomic E-state index is 12.2. The molecule has 90 valence electrons.